The van der Waals surface area contributed by atoms with Crippen LogP contribution in [-0.2, 0) is 4.79 Å². The SMILES string of the molecule is C#CCC(=O)N1CC(F)(F)[C@@]12CCN(c1ncnc3[nH]ccc13)C2. The van der Waals surface area contributed by atoms with Crippen LogP contribution in [0.5, 0.6) is 0 Å². The minimum absolute atomic E-state index is 0.0353. The zero-order chi connectivity index (χ0) is 16.9. The van der Waals surface area contributed by atoms with Crippen molar-refractivity contribution < 1.29 is 13.6 Å². The lowest BCUT2D eigenvalue weighted by molar-refractivity contribution is -0.233. The van der Waals surface area contributed by atoms with E-state index in [1.165, 1.54) is 11.2 Å². The minimum atomic E-state index is -2.92. The van der Waals surface area contributed by atoms with Gasteiger partial charge in [-0.25, -0.2) is 18.7 Å². The number of halogens is 2. The van der Waals surface area contributed by atoms with Crippen molar-refractivity contribution >= 4 is 22.8 Å². The fourth-order valence-electron chi connectivity index (χ4n) is 3.72. The number of carbonyl (C=O) groups excluding carboxylic acids is 1. The molecule has 2 aliphatic heterocycles. The number of nitrogens with zero attached hydrogens (tertiary/aromatic N) is 4. The maximum atomic E-state index is 14.4. The molecule has 0 bridgehead atoms. The molecule has 0 aliphatic carbocycles. The Labute approximate surface area is 136 Å². The predicted octanol–water partition coefficient (Wildman–Crippen LogP) is 1.41. The van der Waals surface area contributed by atoms with Crippen LogP contribution >= 0.6 is 0 Å². The average molecular weight is 331 g/mol. The van der Waals surface area contributed by atoms with Gasteiger partial charge >= 0.3 is 0 Å². The van der Waals surface area contributed by atoms with Crippen LogP contribution in [0.3, 0.4) is 0 Å². The molecule has 4 rings (SSSR count). The highest BCUT2D eigenvalue weighted by atomic mass is 19.3. The maximum Gasteiger partial charge on any atom is 0.289 e. The van der Waals surface area contributed by atoms with Gasteiger partial charge in [0.25, 0.3) is 5.92 Å². The Morgan fingerprint density at radius 1 is 1.42 bits per heavy atom. The number of aromatic nitrogens is 3. The Balaban J connectivity index is 1.66. The van der Waals surface area contributed by atoms with Crippen LogP contribution in [0.25, 0.3) is 11.0 Å². The van der Waals surface area contributed by atoms with Gasteiger partial charge in [-0.1, -0.05) is 5.92 Å². The third-order valence-electron chi connectivity index (χ3n) is 4.99. The highest BCUT2D eigenvalue weighted by Gasteiger charge is 2.70. The second-order valence-electron chi connectivity index (χ2n) is 6.21. The molecule has 2 aliphatic rings. The van der Waals surface area contributed by atoms with Crippen molar-refractivity contribution in [1.82, 2.24) is 19.9 Å². The molecule has 0 unspecified atom stereocenters. The van der Waals surface area contributed by atoms with Gasteiger partial charge in [-0.3, -0.25) is 4.79 Å². The van der Waals surface area contributed by atoms with Crippen LogP contribution < -0.4 is 4.90 Å². The van der Waals surface area contributed by atoms with Crippen LogP contribution in [0.15, 0.2) is 18.6 Å². The third-order valence-corrected chi connectivity index (χ3v) is 4.99. The highest BCUT2D eigenvalue weighted by Crippen LogP contribution is 2.51. The summed E-state index contributed by atoms with van der Waals surface area (Å²) in [5, 5.41) is 0.777. The number of anilines is 1. The summed E-state index contributed by atoms with van der Waals surface area (Å²) in [4.78, 5) is 26.5. The summed E-state index contributed by atoms with van der Waals surface area (Å²) in [6.07, 6.45) is 8.31. The predicted molar refractivity (Wildman–Crippen MR) is 83.6 cm³/mol. The van der Waals surface area contributed by atoms with Crippen LogP contribution in [0, 0.1) is 12.3 Å². The number of amides is 1. The van der Waals surface area contributed by atoms with E-state index in [1.807, 2.05) is 6.07 Å². The zero-order valence-electron chi connectivity index (χ0n) is 12.8. The molecule has 1 spiro atoms. The molecule has 124 valence electrons. The molecule has 4 heterocycles. The van der Waals surface area contributed by atoms with Crippen LogP contribution in [-0.4, -0.2) is 56.9 Å². The molecule has 0 aromatic carbocycles. The number of alkyl halides is 2. The molecule has 2 saturated heterocycles. The number of rotatable bonds is 2. The summed E-state index contributed by atoms with van der Waals surface area (Å²) in [6.45, 7) is -0.134. The Bertz CT molecular complexity index is 858. The second kappa shape index (κ2) is 4.90. The first kappa shape index (κ1) is 14.9. The van der Waals surface area contributed by atoms with E-state index in [9.17, 15) is 13.6 Å². The highest BCUT2D eigenvalue weighted by molar-refractivity contribution is 5.88. The molecular formula is C16H15F2N5O. The molecule has 8 heteroatoms. The van der Waals surface area contributed by atoms with Gasteiger partial charge < -0.3 is 14.8 Å². The topological polar surface area (TPSA) is 65.1 Å². The van der Waals surface area contributed by atoms with Gasteiger partial charge in [0.15, 0.2) is 0 Å². The van der Waals surface area contributed by atoms with Crippen LogP contribution in [0.1, 0.15) is 12.8 Å². The lowest BCUT2D eigenvalue weighted by atomic mass is 9.79. The van der Waals surface area contributed by atoms with Gasteiger partial charge in [0.1, 0.15) is 23.3 Å². The number of H-pyrrole nitrogens is 1. The van der Waals surface area contributed by atoms with E-state index in [-0.39, 0.29) is 19.4 Å². The molecule has 1 N–H and O–H groups in total. The normalized spacial score (nSPS) is 25.0. The molecule has 6 nitrogen and oxygen atoms in total. The lowest BCUT2D eigenvalue weighted by Gasteiger charge is -2.56. The zero-order valence-corrected chi connectivity index (χ0v) is 12.8. The number of likely N-dealkylation sites (tertiary alicyclic amines) is 1. The summed E-state index contributed by atoms with van der Waals surface area (Å²) >= 11 is 0. The van der Waals surface area contributed by atoms with E-state index in [1.54, 1.807) is 11.1 Å². The van der Waals surface area contributed by atoms with Crippen molar-refractivity contribution in [3.8, 4) is 12.3 Å². The minimum Gasteiger partial charge on any atom is -0.353 e. The Hall–Kier alpha value is -2.69. The number of hydrogen-bond acceptors (Lipinski definition) is 4. The first-order chi connectivity index (χ1) is 11.5. The van der Waals surface area contributed by atoms with E-state index in [0.29, 0.717) is 18.0 Å². The molecule has 24 heavy (non-hydrogen) atoms. The van der Waals surface area contributed by atoms with Crippen molar-refractivity contribution in [2.24, 2.45) is 0 Å². The largest absolute Gasteiger partial charge is 0.353 e. The van der Waals surface area contributed by atoms with Crippen molar-refractivity contribution in [2.75, 3.05) is 24.5 Å². The van der Waals surface area contributed by atoms with Gasteiger partial charge in [-0.2, -0.15) is 0 Å². The fraction of sp³-hybridized carbons (Fsp3) is 0.438. The number of terminal acetylenes is 1. The van der Waals surface area contributed by atoms with E-state index >= 15 is 0 Å². The molecule has 0 saturated carbocycles. The Kier molecular flexibility index (Phi) is 3.04. The van der Waals surface area contributed by atoms with Crippen molar-refractivity contribution in [3.05, 3.63) is 18.6 Å². The average Bonchev–Trinajstić information content (AvgIpc) is 3.21. The second-order valence-corrected chi connectivity index (χ2v) is 6.21. The van der Waals surface area contributed by atoms with E-state index < -0.39 is 23.9 Å². The molecular weight excluding hydrogens is 316 g/mol. The quantitative estimate of drug-likeness (QED) is 0.845. The number of fused-ring (bicyclic) bond motifs is 1. The molecule has 2 fully saturated rings. The number of nitrogens with one attached hydrogen (secondary N) is 1. The summed E-state index contributed by atoms with van der Waals surface area (Å²) in [6, 6.07) is 1.82. The molecule has 1 amide bonds. The molecule has 2 aromatic rings. The van der Waals surface area contributed by atoms with E-state index in [4.69, 9.17) is 6.42 Å². The monoisotopic (exact) mass is 331 g/mol. The van der Waals surface area contributed by atoms with E-state index in [2.05, 4.69) is 20.9 Å². The standard InChI is InChI=1S/C16H15F2N5O/c1-2-3-12(24)23-9-16(17,18)15(23)5-7-22(8-15)14-11-4-6-19-13(11)20-10-21-14/h1,4,6,10H,3,5,7-9H2,(H,19,20,21)/t15-/m0/s1. The van der Waals surface area contributed by atoms with Gasteiger partial charge in [0.2, 0.25) is 5.91 Å². The number of aromatic amines is 1. The van der Waals surface area contributed by atoms with Gasteiger partial charge in [-0.05, 0) is 12.5 Å². The molecule has 1 atom stereocenters. The lowest BCUT2D eigenvalue weighted by Crippen LogP contribution is -2.77. The van der Waals surface area contributed by atoms with Crippen LogP contribution in [0.2, 0.25) is 0 Å². The summed E-state index contributed by atoms with van der Waals surface area (Å²) in [5.74, 6) is -0.496. The number of carbonyl (C=O) groups is 1. The van der Waals surface area contributed by atoms with Crippen molar-refractivity contribution in [2.45, 2.75) is 24.3 Å². The smallest absolute Gasteiger partial charge is 0.289 e. The summed E-state index contributed by atoms with van der Waals surface area (Å²) in [7, 11) is 0. The van der Waals surface area contributed by atoms with E-state index in [0.717, 1.165) is 5.39 Å². The van der Waals surface area contributed by atoms with Gasteiger partial charge in [-0.15, -0.1) is 6.42 Å². The Morgan fingerprint density at radius 3 is 3.00 bits per heavy atom. The summed E-state index contributed by atoms with van der Waals surface area (Å²) in [5.41, 5.74) is -0.837. The van der Waals surface area contributed by atoms with Crippen molar-refractivity contribution in [1.29, 1.82) is 0 Å². The number of hydrogen-bond donors (Lipinski definition) is 1. The molecule has 2 aromatic heterocycles. The Morgan fingerprint density at radius 2 is 2.25 bits per heavy atom. The third kappa shape index (κ3) is 1.84. The summed E-state index contributed by atoms with van der Waals surface area (Å²) < 4.78 is 28.8. The first-order valence-electron chi connectivity index (χ1n) is 7.63. The van der Waals surface area contributed by atoms with Crippen LogP contribution in [0.4, 0.5) is 14.6 Å². The first-order valence-corrected chi connectivity index (χ1v) is 7.63. The molecule has 0 radical (unpaired) electrons. The van der Waals surface area contributed by atoms with Crippen molar-refractivity contribution in [3.63, 3.8) is 0 Å². The van der Waals surface area contributed by atoms with Gasteiger partial charge in [0.05, 0.1) is 18.4 Å². The van der Waals surface area contributed by atoms with Gasteiger partial charge in [0, 0.05) is 19.3 Å². The maximum absolute atomic E-state index is 14.4. The fourth-order valence-corrected chi connectivity index (χ4v) is 3.72.